The van der Waals surface area contributed by atoms with Crippen molar-refractivity contribution in [2.45, 2.75) is 39.2 Å². The summed E-state index contributed by atoms with van der Waals surface area (Å²) in [4.78, 5) is 13.7. The number of rotatable bonds is 6. The molecule has 1 fully saturated rings. The monoisotopic (exact) mass is 325 g/mol. The van der Waals surface area contributed by atoms with Crippen LogP contribution in [0.25, 0.3) is 0 Å². The van der Waals surface area contributed by atoms with E-state index in [0.717, 1.165) is 31.5 Å². The molecule has 1 heterocycles. The molecular formula is C17H26ClN2O2+. The summed E-state index contributed by atoms with van der Waals surface area (Å²) in [5.74, 6) is 0.501. The van der Waals surface area contributed by atoms with Gasteiger partial charge in [-0.15, -0.1) is 0 Å². The molecule has 1 aromatic carbocycles. The number of carbonyl (C=O) groups excluding carboxylic acids is 1. The highest BCUT2D eigenvalue weighted by Crippen LogP contribution is 2.25. The van der Waals surface area contributed by atoms with Crippen molar-refractivity contribution in [2.24, 2.45) is 0 Å². The minimum atomic E-state index is -0.0680. The maximum absolute atomic E-state index is 12.0. The normalized spacial score (nSPS) is 21.4. The lowest BCUT2D eigenvalue weighted by molar-refractivity contribution is -0.905. The Morgan fingerprint density at radius 3 is 2.82 bits per heavy atom. The second kappa shape index (κ2) is 8.39. The highest BCUT2D eigenvalue weighted by molar-refractivity contribution is 6.32. The van der Waals surface area contributed by atoms with Crippen molar-refractivity contribution in [1.29, 1.82) is 0 Å². The average molecular weight is 326 g/mol. The number of likely N-dealkylation sites (tertiary alicyclic amines) is 1. The zero-order valence-electron chi connectivity index (χ0n) is 13.5. The van der Waals surface area contributed by atoms with Crippen molar-refractivity contribution in [3.63, 3.8) is 0 Å². The quantitative estimate of drug-likeness (QED) is 0.834. The van der Waals surface area contributed by atoms with Gasteiger partial charge in [-0.2, -0.15) is 0 Å². The van der Waals surface area contributed by atoms with E-state index >= 15 is 0 Å². The Hall–Kier alpha value is -1.26. The third-order valence-electron chi connectivity index (χ3n) is 4.11. The van der Waals surface area contributed by atoms with Gasteiger partial charge in [0.15, 0.2) is 6.61 Å². The molecule has 0 unspecified atom stereocenters. The lowest BCUT2D eigenvalue weighted by Crippen LogP contribution is -3.13. The summed E-state index contributed by atoms with van der Waals surface area (Å²) < 4.78 is 5.53. The predicted octanol–water partition coefficient (Wildman–Crippen LogP) is 1.60. The van der Waals surface area contributed by atoms with Gasteiger partial charge < -0.3 is 15.0 Å². The van der Waals surface area contributed by atoms with E-state index < -0.39 is 0 Å². The van der Waals surface area contributed by atoms with E-state index in [1.165, 1.54) is 13.0 Å². The summed E-state index contributed by atoms with van der Waals surface area (Å²) in [6, 6.07) is 5.84. The highest BCUT2D eigenvalue weighted by atomic mass is 35.5. The van der Waals surface area contributed by atoms with Crippen molar-refractivity contribution < 1.29 is 14.4 Å². The zero-order chi connectivity index (χ0) is 15.9. The number of ether oxygens (including phenoxy) is 1. The van der Waals surface area contributed by atoms with Gasteiger partial charge in [0.2, 0.25) is 0 Å². The van der Waals surface area contributed by atoms with Crippen LogP contribution >= 0.6 is 11.6 Å². The number of nitrogens with one attached hydrogen (secondary N) is 2. The van der Waals surface area contributed by atoms with Gasteiger partial charge in [-0.3, -0.25) is 4.79 Å². The molecule has 0 aliphatic carbocycles. The van der Waals surface area contributed by atoms with E-state index in [-0.39, 0.29) is 18.6 Å². The fraction of sp³-hybridized carbons (Fsp3) is 0.588. The number of amides is 1. The first-order valence-corrected chi connectivity index (χ1v) is 8.48. The molecule has 1 saturated heterocycles. The number of piperidine rings is 1. The molecule has 0 saturated carbocycles. The van der Waals surface area contributed by atoms with E-state index in [1.807, 2.05) is 19.1 Å². The Morgan fingerprint density at radius 1 is 1.41 bits per heavy atom. The van der Waals surface area contributed by atoms with Crippen LogP contribution < -0.4 is 15.0 Å². The summed E-state index contributed by atoms with van der Waals surface area (Å²) in [6.07, 6.45) is 3.32. The molecule has 4 nitrogen and oxygen atoms in total. The van der Waals surface area contributed by atoms with Crippen molar-refractivity contribution >= 4 is 17.5 Å². The van der Waals surface area contributed by atoms with Crippen LogP contribution in [0.5, 0.6) is 5.75 Å². The number of halogens is 1. The number of carbonyl (C=O) groups is 1. The highest BCUT2D eigenvalue weighted by Gasteiger charge is 2.22. The minimum Gasteiger partial charge on any atom is -0.482 e. The van der Waals surface area contributed by atoms with E-state index in [9.17, 15) is 4.79 Å². The summed E-state index contributed by atoms with van der Waals surface area (Å²) in [6.45, 7) is 7.72. The van der Waals surface area contributed by atoms with Gasteiger partial charge >= 0.3 is 0 Å². The summed E-state index contributed by atoms with van der Waals surface area (Å²) in [5.41, 5.74) is 1.06. The van der Waals surface area contributed by atoms with Crippen LogP contribution in [0.3, 0.4) is 0 Å². The predicted molar refractivity (Wildman–Crippen MR) is 88.7 cm³/mol. The fourth-order valence-corrected chi connectivity index (χ4v) is 3.08. The number of hydrogen-bond donors (Lipinski definition) is 2. The number of quaternary nitrogens is 1. The minimum absolute atomic E-state index is 0.0191. The first-order chi connectivity index (χ1) is 10.6. The standard InChI is InChI=1S/C17H25ClN2O2/c1-3-8-20-9-6-14(7-10-20)19-17(21)12-22-16-11-13(2)4-5-15(16)18/h4-5,11,14H,3,6-10,12H2,1-2H3,(H,19,21)/p+1. The van der Waals surface area contributed by atoms with Crippen molar-refractivity contribution in [3.8, 4) is 5.75 Å². The molecule has 22 heavy (non-hydrogen) atoms. The third kappa shape index (κ3) is 5.18. The fourth-order valence-electron chi connectivity index (χ4n) is 2.91. The van der Waals surface area contributed by atoms with Gasteiger partial charge in [0, 0.05) is 18.9 Å². The SMILES string of the molecule is CCC[NH+]1CCC(NC(=O)COc2cc(C)ccc2Cl)CC1. The Bertz CT molecular complexity index is 499. The lowest BCUT2D eigenvalue weighted by atomic mass is 10.0. The lowest BCUT2D eigenvalue weighted by Gasteiger charge is -2.29. The Labute approximate surface area is 137 Å². The molecule has 2 N–H and O–H groups in total. The van der Waals surface area contributed by atoms with Crippen LogP contribution in [0.15, 0.2) is 18.2 Å². The van der Waals surface area contributed by atoms with Gasteiger partial charge in [-0.25, -0.2) is 0 Å². The van der Waals surface area contributed by atoms with E-state index in [2.05, 4.69) is 12.2 Å². The number of hydrogen-bond acceptors (Lipinski definition) is 2. The Kier molecular flexibility index (Phi) is 6.52. The van der Waals surface area contributed by atoms with Gasteiger partial charge in [0.1, 0.15) is 5.75 Å². The van der Waals surface area contributed by atoms with Crippen molar-refractivity contribution in [1.82, 2.24) is 5.32 Å². The molecule has 122 valence electrons. The summed E-state index contributed by atoms with van der Waals surface area (Å²) in [5, 5.41) is 3.60. The first kappa shape index (κ1) is 17.1. The van der Waals surface area contributed by atoms with E-state index in [1.54, 1.807) is 11.0 Å². The van der Waals surface area contributed by atoms with Crippen LogP contribution in [-0.2, 0) is 4.79 Å². The van der Waals surface area contributed by atoms with Crippen molar-refractivity contribution in [3.05, 3.63) is 28.8 Å². The van der Waals surface area contributed by atoms with Crippen LogP contribution in [0.4, 0.5) is 0 Å². The smallest absolute Gasteiger partial charge is 0.258 e. The maximum atomic E-state index is 12.0. The third-order valence-corrected chi connectivity index (χ3v) is 4.42. The Balaban J connectivity index is 1.73. The van der Waals surface area contributed by atoms with Gasteiger partial charge in [-0.05, 0) is 31.0 Å². The summed E-state index contributed by atoms with van der Waals surface area (Å²) >= 11 is 6.06. The topological polar surface area (TPSA) is 42.8 Å². The molecule has 1 aromatic rings. The second-order valence-electron chi connectivity index (χ2n) is 6.06. The molecule has 0 atom stereocenters. The molecule has 1 amide bonds. The van der Waals surface area contributed by atoms with Gasteiger partial charge in [0.25, 0.3) is 5.91 Å². The molecule has 1 aliphatic rings. The van der Waals surface area contributed by atoms with Crippen LogP contribution in [0.1, 0.15) is 31.7 Å². The average Bonchev–Trinajstić information content (AvgIpc) is 2.50. The molecule has 2 rings (SSSR count). The van der Waals surface area contributed by atoms with E-state index in [4.69, 9.17) is 16.3 Å². The molecule has 0 aromatic heterocycles. The Morgan fingerprint density at radius 2 is 2.14 bits per heavy atom. The van der Waals surface area contributed by atoms with Gasteiger partial charge in [0.05, 0.1) is 24.7 Å². The zero-order valence-corrected chi connectivity index (χ0v) is 14.2. The van der Waals surface area contributed by atoms with Gasteiger partial charge in [-0.1, -0.05) is 24.6 Å². The first-order valence-electron chi connectivity index (χ1n) is 8.10. The van der Waals surface area contributed by atoms with Crippen LogP contribution in [0.2, 0.25) is 5.02 Å². The number of benzene rings is 1. The molecule has 1 aliphatic heterocycles. The molecule has 5 heteroatoms. The van der Waals surface area contributed by atoms with Crippen LogP contribution in [-0.4, -0.2) is 38.2 Å². The van der Waals surface area contributed by atoms with Crippen LogP contribution in [0, 0.1) is 6.92 Å². The number of aryl methyl sites for hydroxylation is 1. The second-order valence-corrected chi connectivity index (χ2v) is 6.47. The molecule has 0 spiro atoms. The largest absolute Gasteiger partial charge is 0.482 e. The molecule has 0 bridgehead atoms. The van der Waals surface area contributed by atoms with Crippen molar-refractivity contribution in [2.75, 3.05) is 26.2 Å². The maximum Gasteiger partial charge on any atom is 0.258 e. The molecular weight excluding hydrogens is 300 g/mol. The van der Waals surface area contributed by atoms with E-state index in [0.29, 0.717) is 10.8 Å². The molecule has 0 radical (unpaired) electrons. The summed E-state index contributed by atoms with van der Waals surface area (Å²) in [7, 11) is 0.